The molecule has 1 saturated heterocycles. The van der Waals surface area contributed by atoms with Gasteiger partial charge in [0.2, 0.25) is 0 Å². The molecule has 1 fully saturated rings. The van der Waals surface area contributed by atoms with Gasteiger partial charge in [-0.15, -0.1) is 0 Å². The van der Waals surface area contributed by atoms with Crippen LogP contribution < -0.4 is 0 Å². The van der Waals surface area contributed by atoms with E-state index in [1.54, 1.807) is 0 Å². The highest BCUT2D eigenvalue weighted by Gasteiger charge is 2.31. The third-order valence-electron chi connectivity index (χ3n) is 3.14. The number of ether oxygens (including phenoxy) is 1. The predicted octanol–water partition coefficient (Wildman–Crippen LogP) is 3.09. The lowest BCUT2D eigenvalue weighted by Crippen LogP contribution is -2.04. The van der Waals surface area contributed by atoms with Crippen LogP contribution in [0.1, 0.15) is 23.7 Å². The molecule has 96 valence electrons. The van der Waals surface area contributed by atoms with Gasteiger partial charge in [-0.2, -0.15) is 13.2 Å². The fraction of sp³-hybridized carbons (Fsp3) is 0.417. The number of fused-ring (bicyclic) bond motifs is 1. The first kappa shape index (κ1) is 11.5. The normalized spacial score (nSPS) is 20.7. The molecule has 0 amide bonds. The molecule has 1 aromatic heterocycles. The SMILES string of the molecule is FC(F)(F)c1ccc2nc(C3CCOC3)[nH]c2c1. The molecule has 1 aromatic carbocycles. The smallest absolute Gasteiger partial charge is 0.381 e. The molecular weight excluding hydrogens is 245 g/mol. The molecule has 0 radical (unpaired) electrons. The second kappa shape index (κ2) is 3.98. The summed E-state index contributed by atoms with van der Waals surface area (Å²) in [6, 6.07) is 3.55. The summed E-state index contributed by atoms with van der Waals surface area (Å²) >= 11 is 0. The average Bonchev–Trinajstić information content (AvgIpc) is 2.95. The molecule has 1 aliphatic rings. The lowest BCUT2D eigenvalue weighted by atomic mass is 10.1. The zero-order valence-electron chi connectivity index (χ0n) is 9.42. The summed E-state index contributed by atoms with van der Waals surface area (Å²) in [4.78, 5) is 7.27. The number of rotatable bonds is 1. The number of H-pyrrole nitrogens is 1. The number of hydrogen-bond donors (Lipinski definition) is 1. The Balaban J connectivity index is 2.01. The standard InChI is InChI=1S/C12H11F3N2O/c13-12(14,15)8-1-2-9-10(5-8)17-11(16-9)7-3-4-18-6-7/h1-2,5,7H,3-4,6H2,(H,16,17). The van der Waals surface area contributed by atoms with Gasteiger partial charge in [0.25, 0.3) is 0 Å². The van der Waals surface area contributed by atoms with Crippen molar-refractivity contribution in [3.8, 4) is 0 Å². The molecule has 1 aliphatic heterocycles. The van der Waals surface area contributed by atoms with Crippen molar-refractivity contribution in [1.29, 1.82) is 0 Å². The van der Waals surface area contributed by atoms with E-state index in [1.807, 2.05) is 0 Å². The maximum absolute atomic E-state index is 12.6. The molecule has 1 N–H and O–H groups in total. The summed E-state index contributed by atoms with van der Waals surface area (Å²) < 4.78 is 43.0. The minimum absolute atomic E-state index is 0.159. The molecule has 0 saturated carbocycles. The number of alkyl halides is 3. The number of imidazole rings is 1. The zero-order chi connectivity index (χ0) is 12.8. The molecule has 0 spiro atoms. The number of hydrogen-bond acceptors (Lipinski definition) is 2. The van der Waals surface area contributed by atoms with E-state index < -0.39 is 11.7 Å². The first-order chi connectivity index (χ1) is 8.54. The van der Waals surface area contributed by atoms with Gasteiger partial charge in [0.05, 0.1) is 23.2 Å². The summed E-state index contributed by atoms with van der Waals surface area (Å²) in [5.41, 5.74) is 0.324. The van der Waals surface area contributed by atoms with Gasteiger partial charge in [-0.3, -0.25) is 0 Å². The third kappa shape index (κ3) is 1.96. The summed E-state index contributed by atoms with van der Waals surface area (Å²) in [6.45, 7) is 1.25. The number of aromatic nitrogens is 2. The van der Waals surface area contributed by atoms with E-state index in [0.717, 1.165) is 18.6 Å². The van der Waals surface area contributed by atoms with Crippen LogP contribution in [0.5, 0.6) is 0 Å². The van der Waals surface area contributed by atoms with Crippen molar-refractivity contribution in [2.45, 2.75) is 18.5 Å². The van der Waals surface area contributed by atoms with E-state index in [2.05, 4.69) is 9.97 Å². The molecule has 6 heteroatoms. The van der Waals surface area contributed by atoms with E-state index in [0.29, 0.717) is 30.1 Å². The average molecular weight is 256 g/mol. The van der Waals surface area contributed by atoms with Gasteiger partial charge in [-0.05, 0) is 24.6 Å². The van der Waals surface area contributed by atoms with Crippen LogP contribution in [0.25, 0.3) is 11.0 Å². The first-order valence-electron chi connectivity index (χ1n) is 5.68. The molecule has 2 heterocycles. The van der Waals surface area contributed by atoms with Crippen LogP contribution in [0.2, 0.25) is 0 Å². The third-order valence-corrected chi connectivity index (χ3v) is 3.14. The van der Waals surface area contributed by atoms with Crippen molar-refractivity contribution in [2.75, 3.05) is 13.2 Å². The number of benzene rings is 1. The van der Waals surface area contributed by atoms with Crippen LogP contribution in [0.4, 0.5) is 13.2 Å². The summed E-state index contributed by atoms with van der Waals surface area (Å²) in [6.07, 6.45) is -3.47. The monoisotopic (exact) mass is 256 g/mol. The number of aromatic amines is 1. The number of nitrogens with one attached hydrogen (secondary N) is 1. The van der Waals surface area contributed by atoms with E-state index in [9.17, 15) is 13.2 Å². The first-order valence-corrected chi connectivity index (χ1v) is 5.68. The Morgan fingerprint density at radius 1 is 1.33 bits per heavy atom. The van der Waals surface area contributed by atoms with E-state index in [1.165, 1.54) is 6.07 Å². The Morgan fingerprint density at radius 2 is 2.17 bits per heavy atom. The predicted molar refractivity (Wildman–Crippen MR) is 59.3 cm³/mol. The van der Waals surface area contributed by atoms with Crippen LogP contribution in [-0.4, -0.2) is 23.2 Å². The van der Waals surface area contributed by atoms with Crippen LogP contribution in [0, 0.1) is 0 Å². The molecule has 18 heavy (non-hydrogen) atoms. The topological polar surface area (TPSA) is 37.9 Å². The lowest BCUT2D eigenvalue weighted by molar-refractivity contribution is -0.137. The molecule has 1 unspecified atom stereocenters. The zero-order valence-corrected chi connectivity index (χ0v) is 9.42. The van der Waals surface area contributed by atoms with Crippen molar-refractivity contribution in [1.82, 2.24) is 9.97 Å². The summed E-state index contributed by atoms with van der Waals surface area (Å²) in [5.74, 6) is 0.869. The highest BCUT2D eigenvalue weighted by atomic mass is 19.4. The second-order valence-electron chi connectivity index (χ2n) is 4.41. The van der Waals surface area contributed by atoms with E-state index in [4.69, 9.17) is 4.74 Å². The largest absolute Gasteiger partial charge is 0.416 e. The van der Waals surface area contributed by atoms with E-state index in [-0.39, 0.29) is 5.92 Å². The van der Waals surface area contributed by atoms with Gasteiger partial charge < -0.3 is 9.72 Å². The Hall–Kier alpha value is -1.56. The fourth-order valence-corrected chi connectivity index (χ4v) is 2.15. The second-order valence-corrected chi connectivity index (χ2v) is 4.41. The minimum atomic E-state index is -4.32. The van der Waals surface area contributed by atoms with Gasteiger partial charge in [0.1, 0.15) is 5.82 Å². The van der Waals surface area contributed by atoms with Crippen molar-refractivity contribution >= 4 is 11.0 Å². The maximum Gasteiger partial charge on any atom is 0.416 e. The molecule has 0 aliphatic carbocycles. The molecule has 3 rings (SSSR count). The Bertz CT molecular complexity index is 570. The number of halogens is 3. The van der Waals surface area contributed by atoms with Crippen molar-refractivity contribution in [2.24, 2.45) is 0 Å². The van der Waals surface area contributed by atoms with Crippen molar-refractivity contribution in [3.63, 3.8) is 0 Å². The van der Waals surface area contributed by atoms with Crippen LogP contribution >= 0.6 is 0 Å². The van der Waals surface area contributed by atoms with Gasteiger partial charge in [-0.25, -0.2) is 4.98 Å². The maximum atomic E-state index is 12.6. The molecule has 3 nitrogen and oxygen atoms in total. The van der Waals surface area contributed by atoms with Crippen LogP contribution in [-0.2, 0) is 10.9 Å². The fourth-order valence-electron chi connectivity index (χ4n) is 2.15. The summed E-state index contributed by atoms with van der Waals surface area (Å²) in [7, 11) is 0. The Kier molecular flexibility index (Phi) is 2.55. The highest BCUT2D eigenvalue weighted by Crippen LogP contribution is 2.32. The molecular formula is C12H11F3N2O. The van der Waals surface area contributed by atoms with Crippen molar-refractivity contribution < 1.29 is 17.9 Å². The lowest BCUT2D eigenvalue weighted by Gasteiger charge is -2.05. The quantitative estimate of drug-likeness (QED) is 0.851. The molecule has 0 bridgehead atoms. The van der Waals surface area contributed by atoms with Crippen molar-refractivity contribution in [3.05, 3.63) is 29.6 Å². The molecule has 1 atom stereocenters. The number of nitrogens with zero attached hydrogens (tertiary/aromatic N) is 1. The Morgan fingerprint density at radius 3 is 2.83 bits per heavy atom. The Labute approximate surface area is 101 Å². The minimum Gasteiger partial charge on any atom is -0.381 e. The van der Waals surface area contributed by atoms with Gasteiger partial charge in [0.15, 0.2) is 0 Å². The van der Waals surface area contributed by atoms with Gasteiger partial charge >= 0.3 is 6.18 Å². The van der Waals surface area contributed by atoms with E-state index >= 15 is 0 Å². The molecule has 2 aromatic rings. The summed E-state index contributed by atoms with van der Waals surface area (Å²) in [5, 5.41) is 0. The van der Waals surface area contributed by atoms with Crippen LogP contribution in [0.3, 0.4) is 0 Å². The van der Waals surface area contributed by atoms with Gasteiger partial charge in [0, 0.05) is 12.5 Å². The van der Waals surface area contributed by atoms with Gasteiger partial charge in [-0.1, -0.05) is 0 Å². The highest BCUT2D eigenvalue weighted by molar-refractivity contribution is 5.76. The van der Waals surface area contributed by atoms with Crippen LogP contribution in [0.15, 0.2) is 18.2 Å².